The van der Waals surface area contributed by atoms with Gasteiger partial charge in [-0.1, -0.05) is 35.9 Å². The molecule has 0 aliphatic rings. The second-order valence-corrected chi connectivity index (χ2v) is 5.49. The number of carbonyl (C=O) groups excluding carboxylic acids is 1. The number of halogens is 2. The Kier molecular flexibility index (Phi) is 6.32. The van der Waals surface area contributed by atoms with Gasteiger partial charge in [-0.25, -0.2) is 0 Å². The molecule has 0 aliphatic carbocycles. The number of ether oxygens (including phenoxy) is 1. The summed E-state index contributed by atoms with van der Waals surface area (Å²) in [6.07, 6.45) is 1.67. The molecule has 0 unspecified atom stereocenters. The topological polar surface area (TPSA) is 50.4 Å². The lowest BCUT2D eigenvalue weighted by atomic mass is 10.3. The first-order valence-electron chi connectivity index (χ1n) is 6.91. The average molecular weight is 351 g/mol. The lowest BCUT2D eigenvalue weighted by molar-refractivity contribution is -0.114. The molecule has 4 nitrogen and oxygen atoms in total. The van der Waals surface area contributed by atoms with Crippen LogP contribution in [0.4, 0.5) is 11.4 Å². The molecule has 0 bridgehead atoms. The summed E-state index contributed by atoms with van der Waals surface area (Å²) in [5.74, 6) is 0.532. The van der Waals surface area contributed by atoms with Crippen molar-refractivity contribution in [3.05, 3.63) is 65.2 Å². The SMILES string of the molecule is C=CCOc1ccc(NC(=O)CNc2ccc(Cl)cc2Cl)cc1. The van der Waals surface area contributed by atoms with Gasteiger partial charge in [0.2, 0.25) is 5.91 Å². The number of hydrogen-bond acceptors (Lipinski definition) is 3. The summed E-state index contributed by atoms with van der Waals surface area (Å²) in [7, 11) is 0. The first kappa shape index (κ1) is 17.2. The fraction of sp³-hybridized carbons (Fsp3) is 0.118. The van der Waals surface area contributed by atoms with Gasteiger partial charge in [-0.15, -0.1) is 0 Å². The zero-order valence-corrected chi connectivity index (χ0v) is 13.8. The third-order valence-electron chi connectivity index (χ3n) is 2.88. The molecule has 0 aromatic heterocycles. The predicted molar refractivity (Wildman–Crippen MR) is 95.7 cm³/mol. The first-order chi connectivity index (χ1) is 11.1. The minimum Gasteiger partial charge on any atom is -0.490 e. The summed E-state index contributed by atoms with van der Waals surface area (Å²) < 4.78 is 5.37. The van der Waals surface area contributed by atoms with Gasteiger partial charge in [0, 0.05) is 10.7 Å². The second kappa shape index (κ2) is 8.46. The summed E-state index contributed by atoms with van der Waals surface area (Å²) in [6, 6.07) is 12.1. The molecule has 0 saturated carbocycles. The summed E-state index contributed by atoms with van der Waals surface area (Å²) in [5, 5.41) is 6.75. The molecular weight excluding hydrogens is 335 g/mol. The van der Waals surface area contributed by atoms with Gasteiger partial charge in [-0.3, -0.25) is 4.79 Å². The van der Waals surface area contributed by atoms with E-state index in [2.05, 4.69) is 17.2 Å². The molecular formula is C17H16Cl2N2O2. The number of benzene rings is 2. The van der Waals surface area contributed by atoms with Crippen molar-refractivity contribution in [1.29, 1.82) is 0 Å². The molecule has 120 valence electrons. The Morgan fingerprint density at radius 2 is 1.91 bits per heavy atom. The number of amides is 1. The van der Waals surface area contributed by atoms with E-state index in [0.717, 1.165) is 0 Å². The van der Waals surface area contributed by atoms with E-state index in [4.69, 9.17) is 27.9 Å². The highest BCUT2D eigenvalue weighted by Gasteiger charge is 2.05. The maximum Gasteiger partial charge on any atom is 0.243 e. The van der Waals surface area contributed by atoms with Crippen LogP contribution in [0.25, 0.3) is 0 Å². The van der Waals surface area contributed by atoms with E-state index in [-0.39, 0.29) is 12.5 Å². The van der Waals surface area contributed by atoms with Crippen LogP contribution in [-0.2, 0) is 4.79 Å². The fourth-order valence-electron chi connectivity index (χ4n) is 1.80. The van der Waals surface area contributed by atoms with Crippen molar-refractivity contribution >= 4 is 40.5 Å². The van der Waals surface area contributed by atoms with Gasteiger partial charge in [0.15, 0.2) is 0 Å². The zero-order valence-electron chi connectivity index (χ0n) is 12.3. The van der Waals surface area contributed by atoms with Crippen LogP contribution in [0.3, 0.4) is 0 Å². The number of nitrogens with one attached hydrogen (secondary N) is 2. The van der Waals surface area contributed by atoms with Gasteiger partial charge in [-0.05, 0) is 42.5 Å². The van der Waals surface area contributed by atoms with E-state index >= 15 is 0 Å². The first-order valence-corrected chi connectivity index (χ1v) is 7.66. The molecule has 0 atom stereocenters. The molecule has 0 fully saturated rings. The number of carbonyl (C=O) groups is 1. The number of anilines is 2. The van der Waals surface area contributed by atoms with Crippen LogP contribution in [0.15, 0.2) is 55.1 Å². The Morgan fingerprint density at radius 1 is 1.17 bits per heavy atom. The highest BCUT2D eigenvalue weighted by atomic mass is 35.5. The van der Waals surface area contributed by atoms with Crippen LogP contribution in [0.5, 0.6) is 5.75 Å². The van der Waals surface area contributed by atoms with Gasteiger partial charge in [0.05, 0.1) is 17.3 Å². The van der Waals surface area contributed by atoms with Crippen molar-refractivity contribution in [1.82, 2.24) is 0 Å². The van der Waals surface area contributed by atoms with Crippen LogP contribution in [0, 0.1) is 0 Å². The Bertz CT molecular complexity index is 687. The Morgan fingerprint density at radius 3 is 2.57 bits per heavy atom. The monoisotopic (exact) mass is 350 g/mol. The van der Waals surface area contributed by atoms with E-state index in [1.165, 1.54) is 0 Å². The van der Waals surface area contributed by atoms with E-state index in [1.54, 1.807) is 48.5 Å². The lowest BCUT2D eigenvalue weighted by Gasteiger charge is -2.10. The van der Waals surface area contributed by atoms with Crippen molar-refractivity contribution in [3.63, 3.8) is 0 Å². The summed E-state index contributed by atoms with van der Waals surface area (Å²) in [5.41, 5.74) is 1.34. The van der Waals surface area contributed by atoms with Crippen molar-refractivity contribution in [2.45, 2.75) is 0 Å². The van der Waals surface area contributed by atoms with Crippen molar-refractivity contribution in [2.75, 3.05) is 23.8 Å². The standard InChI is InChI=1S/C17H16Cl2N2O2/c1-2-9-23-14-6-4-13(5-7-14)21-17(22)11-20-16-8-3-12(18)10-15(16)19/h2-8,10,20H,1,9,11H2,(H,21,22). The lowest BCUT2D eigenvalue weighted by Crippen LogP contribution is -2.21. The largest absolute Gasteiger partial charge is 0.490 e. The van der Waals surface area contributed by atoms with E-state index in [0.29, 0.717) is 33.8 Å². The molecule has 0 aliphatic heterocycles. The van der Waals surface area contributed by atoms with Gasteiger partial charge >= 0.3 is 0 Å². The van der Waals surface area contributed by atoms with Crippen LogP contribution >= 0.6 is 23.2 Å². The molecule has 1 amide bonds. The smallest absolute Gasteiger partial charge is 0.243 e. The molecule has 2 N–H and O–H groups in total. The summed E-state index contributed by atoms with van der Waals surface area (Å²) in [4.78, 5) is 11.9. The predicted octanol–water partition coefficient (Wildman–Crippen LogP) is 4.61. The summed E-state index contributed by atoms with van der Waals surface area (Å²) in [6.45, 7) is 4.12. The number of hydrogen-bond donors (Lipinski definition) is 2. The third kappa shape index (κ3) is 5.51. The Labute approximate surface area is 145 Å². The molecule has 2 aromatic carbocycles. The van der Waals surface area contributed by atoms with Crippen molar-refractivity contribution in [2.24, 2.45) is 0 Å². The minimum atomic E-state index is -0.184. The molecule has 0 saturated heterocycles. The Balaban J connectivity index is 1.85. The molecule has 2 rings (SSSR count). The quantitative estimate of drug-likeness (QED) is 0.717. The zero-order chi connectivity index (χ0) is 16.7. The average Bonchev–Trinajstić information content (AvgIpc) is 2.53. The van der Waals surface area contributed by atoms with Crippen LogP contribution < -0.4 is 15.4 Å². The molecule has 6 heteroatoms. The van der Waals surface area contributed by atoms with Crippen LogP contribution in [0.1, 0.15) is 0 Å². The minimum absolute atomic E-state index is 0.0933. The maximum absolute atomic E-state index is 11.9. The maximum atomic E-state index is 11.9. The van der Waals surface area contributed by atoms with Crippen LogP contribution in [0.2, 0.25) is 10.0 Å². The molecule has 0 spiro atoms. The van der Waals surface area contributed by atoms with E-state index in [1.807, 2.05) is 0 Å². The second-order valence-electron chi connectivity index (χ2n) is 4.65. The van der Waals surface area contributed by atoms with Gasteiger partial charge in [0.25, 0.3) is 0 Å². The van der Waals surface area contributed by atoms with Crippen molar-refractivity contribution in [3.8, 4) is 5.75 Å². The molecule has 0 heterocycles. The fourth-order valence-corrected chi connectivity index (χ4v) is 2.28. The summed E-state index contributed by atoms with van der Waals surface area (Å²) >= 11 is 11.9. The van der Waals surface area contributed by atoms with Crippen molar-refractivity contribution < 1.29 is 9.53 Å². The number of rotatable bonds is 7. The third-order valence-corrected chi connectivity index (χ3v) is 3.42. The highest BCUT2D eigenvalue weighted by molar-refractivity contribution is 6.36. The molecule has 2 aromatic rings. The molecule has 0 radical (unpaired) electrons. The Hall–Kier alpha value is -2.17. The molecule has 23 heavy (non-hydrogen) atoms. The van der Waals surface area contributed by atoms with E-state index in [9.17, 15) is 4.79 Å². The van der Waals surface area contributed by atoms with Gasteiger partial charge < -0.3 is 15.4 Å². The highest BCUT2D eigenvalue weighted by Crippen LogP contribution is 2.25. The normalized spacial score (nSPS) is 10.0. The van der Waals surface area contributed by atoms with Gasteiger partial charge in [-0.2, -0.15) is 0 Å². The van der Waals surface area contributed by atoms with Gasteiger partial charge in [0.1, 0.15) is 12.4 Å². The van der Waals surface area contributed by atoms with Crippen LogP contribution in [-0.4, -0.2) is 19.1 Å². The van der Waals surface area contributed by atoms with E-state index < -0.39 is 0 Å².